The molecule has 0 fully saturated rings. The number of aromatic nitrogens is 2. The summed E-state index contributed by atoms with van der Waals surface area (Å²) >= 11 is 17.5. The van der Waals surface area contributed by atoms with Gasteiger partial charge in [0.2, 0.25) is 0 Å². The monoisotopic (exact) mass is 333 g/mol. The molecule has 1 aromatic heterocycles. The van der Waals surface area contributed by atoms with Gasteiger partial charge in [-0.05, 0) is 42.0 Å². The molecule has 1 N–H and O–H groups in total. The molecule has 0 aliphatic carbocycles. The van der Waals surface area contributed by atoms with E-state index in [9.17, 15) is 0 Å². The lowest BCUT2D eigenvalue weighted by molar-refractivity contribution is 0.810. The van der Waals surface area contributed by atoms with Crippen molar-refractivity contribution in [2.24, 2.45) is 0 Å². The standard InChI is InChI=1S/C15H9Cl2N3S/c16-11-5-13-14(6-12(11)17)20(15(21)19-13)8-10-3-1-9(7-18)2-4-10/h1-6H,8H2,(H,19,21). The fourth-order valence-corrected chi connectivity index (χ4v) is 2.77. The summed E-state index contributed by atoms with van der Waals surface area (Å²) in [4.78, 5) is 3.12. The predicted molar refractivity (Wildman–Crippen MR) is 87.4 cm³/mol. The van der Waals surface area contributed by atoms with E-state index in [1.807, 2.05) is 16.7 Å². The molecule has 0 aliphatic rings. The van der Waals surface area contributed by atoms with Crippen molar-refractivity contribution in [1.29, 1.82) is 5.26 Å². The van der Waals surface area contributed by atoms with Crippen molar-refractivity contribution < 1.29 is 0 Å². The average Bonchev–Trinajstić information content (AvgIpc) is 2.76. The van der Waals surface area contributed by atoms with E-state index in [1.165, 1.54) is 0 Å². The summed E-state index contributed by atoms with van der Waals surface area (Å²) in [7, 11) is 0. The highest BCUT2D eigenvalue weighted by Crippen LogP contribution is 2.28. The van der Waals surface area contributed by atoms with E-state index in [1.54, 1.807) is 24.3 Å². The van der Waals surface area contributed by atoms with Crippen molar-refractivity contribution in [3.05, 3.63) is 62.3 Å². The second-order valence-corrected chi connectivity index (χ2v) is 5.81. The second-order valence-electron chi connectivity index (χ2n) is 4.61. The van der Waals surface area contributed by atoms with Gasteiger partial charge in [0.1, 0.15) is 0 Å². The topological polar surface area (TPSA) is 44.5 Å². The highest BCUT2D eigenvalue weighted by molar-refractivity contribution is 7.71. The van der Waals surface area contributed by atoms with Crippen LogP contribution in [0, 0.1) is 16.1 Å². The van der Waals surface area contributed by atoms with Gasteiger partial charge in [-0.15, -0.1) is 0 Å². The van der Waals surface area contributed by atoms with Crippen molar-refractivity contribution in [2.75, 3.05) is 0 Å². The molecule has 1 heterocycles. The van der Waals surface area contributed by atoms with E-state index in [4.69, 9.17) is 40.7 Å². The maximum Gasteiger partial charge on any atom is 0.178 e. The Morgan fingerprint density at radius 3 is 2.48 bits per heavy atom. The quantitative estimate of drug-likeness (QED) is 0.676. The minimum absolute atomic E-state index is 0.492. The van der Waals surface area contributed by atoms with Gasteiger partial charge in [0, 0.05) is 0 Å². The van der Waals surface area contributed by atoms with E-state index in [2.05, 4.69) is 11.1 Å². The third-order valence-electron chi connectivity index (χ3n) is 3.24. The first kappa shape index (κ1) is 14.2. The Hall–Kier alpha value is -1.80. The maximum atomic E-state index is 8.82. The summed E-state index contributed by atoms with van der Waals surface area (Å²) < 4.78 is 2.56. The number of aromatic amines is 1. The van der Waals surface area contributed by atoms with Gasteiger partial charge in [0.25, 0.3) is 0 Å². The third kappa shape index (κ3) is 2.68. The zero-order valence-corrected chi connectivity index (χ0v) is 13.1. The van der Waals surface area contributed by atoms with Crippen LogP contribution in [0.2, 0.25) is 10.0 Å². The summed E-state index contributed by atoms with van der Waals surface area (Å²) in [6, 6.07) is 13.1. The first-order chi connectivity index (χ1) is 10.1. The lowest BCUT2D eigenvalue weighted by Crippen LogP contribution is -1.99. The number of hydrogen-bond donors (Lipinski definition) is 1. The van der Waals surface area contributed by atoms with E-state index in [0.29, 0.717) is 26.9 Å². The summed E-state index contributed by atoms with van der Waals surface area (Å²) in [5.74, 6) is 0. The molecule has 3 aromatic rings. The summed E-state index contributed by atoms with van der Waals surface area (Å²) in [6.45, 7) is 0.600. The molecule has 2 aromatic carbocycles. The lowest BCUT2D eigenvalue weighted by atomic mass is 10.1. The van der Waals surface area contributed by atoms with Crippen LogP contribution < -0.4 is 0 Å². The number of imidazole rings is 1. The molecule has 0 radical (unpaired) electrons. The first-order valence-electron chi connectivity index (χ1n) is 6.15. The number of benzene rings is 2. The summed E-state index contributed by atoms with van der Waals surface area (Å²) in [6.07, 6.45) is 0. The number of nitrogens with one attached hydrogen (secondary N) is 1. The van der Waals surface area contributed by atoms with Crippen molar-refractivity contribution in [1.82, 2.24) is 9.55 Å². The Balaban J connectivity index is 2.07. The Kier molecular flexibility index (Phi) is 3.73. The number of H-pyrrole nitrogens is 1. The Labute approximate surface area is 136 Å². The highest BCUT2D eigenvalue weighted by atomic mass is 35.5. The Morgan fingerprint density at radius 1 is 1.14 bits per heavy atom. The van der Waals surface area contributed by atoms with Gasteiger partial charge in [0.05, 0.1) is 39.3 Å². The van der Waals surface area contributed by atoms with E-state index >= 15 is 0 Å². The van der Waals surface area contributed by atoms with Crippen LogP contribution in [0.5, 0.6) is 0 Å². The van der Waals surface area contributed by atoms with E-state index in [0.717, 1.165) is 16.6 Å². The van der Waals surface area contributed by atoms with Gasteiger partial charge >= 0.3 is 0 Å². The molecular weight excluding hydrogens is 325 g/mol. The predicted octanol–water partition coefficient (Wildman–Crippen LogP) is 4.93. The second kappa shape index (κ2) is 5.53. The van der Waals surface area contributed by atoms with Crippen LogP contribution in [0.1, 0.15) is 11.1 Å². The molecule has 0 atom stereocenters. The van der Waals surface area contributed by atoms with Crippen molar-refractivity contribution in [2.45, 2.75) is 6.54 Å². The smallest absolute Gasteiger partial charge is 0.178 e. The highest BCUT2D eigenvalue weighted by Gasteiger charge is 2.08. The summed E-state index contributed by atoms with van der Waals surface area (Å²) in [5.41, 5.74) is 3.44. The molecular formula is C15H9Cl2N3S. The minimum Gasteiger partial charge on any atom is -0.331 e. The lowest BCUT2D eigenvalue weighted by Gasteiger charge is -2.06. The number of halogens is 2. The largest absolute Gasteiger partial charge is 0.331 e. The molecule has 0 amide bonds. The first-order valence-corrected chi connectivity index (χ1v) is 7.31. The van der Waals surface area contributed by atoms with Crippen LogP contribution in [0.25, 0.3) is 11.0 Å². The average molecular weight is 334 g/mol. The van der Waals surface area contributed by atoms with Gasteiger partial charge in [-0.1, -0.05) is 35.3 Å². The molecule has 0 saturated heterocycles. The number of nitriles is 1. The van der Waals surface area contributed by atoms with Gasteiger partial charge in [0.15, 0.2) is 4.77 Å². The molecule has 0 aliphatic heterocycles. The Bertz CT molecular complexity index is 917. The molecule has 6 heteroatoms. The van der Waals surface area contributed by atoms with E-state index in [-0.39, 0.29) is 0 Å². The minimum atomic E-state index is 0.492. The van der Waals surface area contributed by atoms with Crippen LogP contribution in [0.15, 0.2) is 36.4 Å². The normalized spacial score (nSPS) is 10.7. The van der Waals surface area contributed by atoms with Crippen LogP contribution >= 0.6 is 35.4 Å². The fourth-order valence-electron chi connectivity index (χ4n) is 2.18. The van der Waals surface area contributed by atoms with Crippen molar-refractivity contribution in [3.63, 3.8) is 0 Å². The van der Waals surface area contributed by atoms with Gasteiger partial charge in [-0.3, -0.25) is 0 Å². The molecule has 0 unspecified atom stereocenters. The molecule has 3 nitrogen and oxygen atoms in total. The summed E-state index contributed by atoms with van der Waals surface area (Å²) in [5, 5.41) is 9.81. The van der Waals surface area contributed by atoms with Crippen LogP contribution in [0.3, 0.4) is 0 Å². The number of nitrogens with zero attached hydrogens (tertiary/aromatic N) is 2. The number of rotatable bonds is 2. The molecule has 0 saturated carbocycles. The SMILES string of the molecule is N#Cc1ccc(Cn2c(=S)[nH]c3cc(Cl)c(Cl)cc32)cc1. The zero-order valence-electron chi connectivity index (χ0n) is 10.7. The molecule has 0 bridgehead atoms. The molecule has 3 rings (SSSR count). The van der Waals surface area contributed by atoms with Crippen LogP contribution in [-0.4, -0.2) is 9.55 Å². The Morgan fingerprint density at radius 2 is 1.81 bits per heavy atom. The fraction of sp³-hybridized carbons (Fsp3) is 0.0667. The maximum absolute atomic E-state index is 8.82. The van der Waals surface area contributed by atoms with Crippen LogP contribution in [0.4, 0.5) is 0 Å². The number of hydrogen-bond acceptors (Lipinski definition) is 2. The zero-order chi connectivity index (χ0) is 15.0. The van der Waals surface area contributed by atoms with E-state index < -0.39 is 0 Å². The van der Waals surface area contributed by atoms with Crippen molar-refractivity contribution >= 4 is 46.5 Å². The third-order valence-corrected chi connectivity index (χ3v) is 4.28. The van der Waals surface area contributed by atoms with Crippen LogP contribution in [-0.2, 0) is 6.54 Å². The van der Waals surface area contributed by atoms with Gasteiger partial charge in [-0.25, -0.2) is 0 Å². The molecule has 21 heavy (non-hydrogen) atoms. The van der Waals surface area contributed by atoms with Gasteiger partial charge in [-0.2, -0.15) is 5.26 Å². The van der Waals surface area contributed by atoms with Crippen molar-refractivity contribution in [3.8, 4) is 6.07 Å². The number of fused-ring (bicyclic) bond motifs is 1. The molecule has 0 spiro atoms. The molecule has 104 valence electrons. The van der Waals surface area contributed by atoms with Gasteiger partial charge < -0.3 is 9.55 Å².